The van der Waals surface area contributed by atoms with Crippen LogP contribution in [-0.4, -0.2) is 25.3 Å². The summed E-state index contributed by atoms with van der Waals surface area (Å²) >= 11 is 3.44. The smallest absolute Gasteiger partial charge is 0.407 e. The number of carbonyl (C=O) groups is 1. The summed E-state index contributed by atoms with van der Waals surface area (Å²) < 4.78 is 11.3. The van der Waals surface area contributed by atoms with E-state index in [0.29, 0.717) is 5.75 Å². The first-order valence-electron chi connectivity index (χ1n) is 6.29. The van der Waals surface area contributed by atoms with E-state index in [4.69, 9.17) is 15.2 Å². The highest BCUT2D eigenvalue weighted by Crippen LogP contribution is 2.30. The molecule has 6 heteroatoms. The molecule has 0 bridgehead atoms. The highest BCUT2D eigenvalue weighted by molar-refractivity contribution is 9.10. The maximum Gasteiger partial charge on any atom is 0.407 e. The molecule has 0 aromatic heterocycles. The van der Waals surface area contributed by atoms with Gasteiger partial charge in [0.25, 0.3) is 0 Å². The van der Waals surface area contributed by atoms with Crippen molar-refractivity contribution in [2.75, 3.05) is 13.7 Å². The molecule has 112 valence electrons. The van der Waals surface area contributed by atoms with E-state index >= 15 is 0 Å². The Morgan fingerprint density at radius 3 is 2.65 bits per heavy atom. The number of benzene rings is 1. The number of alkyl carbamates (subject to hydrolysis) is 1. The van der Waals surface area contributed by atoms with Crippen LogP contribution >= 0.6 is 15.9 Å². The van der Waals surface area contributed by atoms with Crippen LogP contribution in [0.2, 0.25) is 0 Å². The molecule has 0 aliphatic carbocycles. The minimum Gasteiger partial charge on any atom is -0.496 e. The van der Waals surface area contributed by atoms with Crippen molar-refractivity contribution in [2.45, 2.75) is 32.4 Å². The fraction of sp³-hybridized carbons (Fsp3) is 0.500. The van der Waals surface area contributed by atoms with Crippen molar-refractivity contribution < 1.29 is 14.3 Å². The number of amides is 1. The largest absolute Gasteiger partial charge is 0.496 e. The van der Waals surface area contributed by atoms with Crippen LogP contribution in [0.25, 0.3) is 0 Å². The molecule has 5 nitrogen and oxygen atoms in total. The molecule has 0 fully saturated rings. The number of methoxy groups -OCH3 is 1. The van der Waals surface area contributed by atoms with Gasteiger partial charge in [-0.2, -0.15) is 0 Å². The lowest BCUT2D eigenvalue weighted by molar-refractivity contribution is 0.0524. The first kappa shape index (κ1) is 16.8. The van der Waals surface area contributed by atoms with Crippen molar-refractivity contribution in [1.29, 1.82) is 0 Å². The van der Waals surface area contributed by atoms with Gasteiger partial charge in [-0.3, -0.25) is 0 Å². The molecule has 1 amide bonds. The van der Waals surface area contributed by atoms with Crippen LogP contribution in [0.15, 0.2) is 22.7 Å². The fourth-order valence-electron chi connectivity index (χ4n) is 1.66. The van der Waals surface area contributed by atoms with Crippen LogP contribution in [0.1, 0.15) is 32.4 Å². The summed E-state index contributed by atoms with van der Waals surface area (Å²) in [7, 11) is 1.58. The molecule has 0 spiro atoms. The Hall–Kier alpha value is -1.27. The van der Waals surface area contributed by atoms with Crippen molar-refractivity contribution in [1.82, 2.24) is 5.32 Å². The van der Waals surface area contributed by atoms with E-state index in [1.54, 1.807) is 7.11 Å². The summed E-state index contributed by atoms with van der Waals surface area (Å²) in [6.45, 7) is 5.68. The number of hydrogen-bond acceptors (Lipinski definition) is 4. The van der Waals surface area contributed by atoms with E-state index in [-0.39, 0.29) is 6.54 Å². The van der Waals surface area contributed by atoms with Crippen LogP contribution in [0.3, 0.4) is 0 Å². The normalized spacial score (nSPS) is 12.7. The van der Waals surface area contributed by atoms with E-state index < -0.39 is 17.7 Å². The van der Waals surface area contributed by atoms with Crippen LogP contribution in [0, 0.1) is 0 Å². The quantitative estimate of drug-likeness (QED) is 0.880. The molecular weight excluding hydrogens is 324 g/mol. The van der Waals surface area contributed by atoms with Crippen molar-refractivity contribution in [3.8, 4) is 5.75 Å². The molecule has 1 aromatic carbocycles. The number of nitrogens with one attached hydrogen (secondary N) is 1. The van der Waals surface area contributed by atoms with Gasteiger partial charge in [-0.05, 0) is 32.9 Å². The van der Waals surface area contributed by atoms with Crippen LogP contribution in [0.5, 0.6) is 5.75 Å². The zero-order valence-electron chi connectivity index (χ0n) is 12.2. The Morgan fingerprint density at radius 2 is 2.10 bits per heavy atom. The second kappa shape index (κ2) is 6.95. The molecular formula is C14H21BrN2O3. The number of hydrogen-bond donors (Lipinski definition) is 2. The molecule has 0 saturated carbocycles. The molecule has 1 atom stereocenters. The van der Waals surface area contributed by atoms with Crippen LogP contribution in [0.4, 0.5) is 4.79 Å². The lowest BCUT2D eigenvalue weighted by Gasteiger charge is -2.22. The summed E-state index contributed by atoms with van der Waals surface area (Å²) in [5, 5.41) is 2.65. The van der Waals surface area contributed by atoms with Gasteiger partial charge in [0.2, 0.25) is 0 Å². The molecule has 0 radical (unpaired) electrons. The van der Waals surface area contributed by atoms with Gasteiger partial charge in [-0.1, -0.05) is 22.0 Å². The highest BCUT2D eigenvalue weighted by atomic mass is 79.9. The average Bonchev–Trinajstić information content (AvgIpc) is 2.33. The summed E-state index contributed by atoms with van der Waals surface area (Å²) in [6.07, 6.45) is -0.487. The molecule has 0 heterocycles. The van der Waals surface area contributed by atoms with Gasteiger partial charge in [-0.15, -0.1) is 0 Å². The molecule has 1 aromatic rings. The zero-order valence-corrected chi connectivity index (χ0v) is 13.8. The summed E-state index contributed by atoms with van der Waals surface area (Å²) in [6, 6.07) is 5.17. The first-order chi connectivity index (χ1) is 9.24. The maximum absolute atomic E-state index is 11.6. The molecule has 3 N–H and O–H groups in total. The van der Waals surface area contributed by atoms with Crippen molar-refractivity contribution in [3.63, 3.8) is 0 Å². The SMILES string of the molecule is COc1cccc(Br)c1C(N)CNC(=O)OC(C)(C)C. The van der Waals surface area contributed by atoms with E-state index in [9.17, 15) is 4.79 Å². The number of ether oxygens (including phenoxy) is 2. The van der Waals surface area contributed by atoms with Gasteiger partial charge in [0.05, 0.1) is 13.2 Å². The van der Waals surface area contributed by atoms with Gasteiger partial charge >= 0.3 is 6.09 Å². The maximum atomic E-state index is 11.6. The molecule has 1 unspecified atom stereocenters. The van der Waals surface area contributed by atoms with Gasteiger partial charge in [0.15, 0.2) is 0 Å². The van der Waals surface area contributed by atoms with Gasteiger partial charge in [0.1, 0.15) is 11.4 Å². The van der Waals surface area contributed by atoms with Crippen LogP contribution < -0.4 is 15.8 Å². The molecule has 0 aliphatic heterocycles. The standard InChI is InChI=1S/C14H21BrN2O3/c1-14(2,3)20-13(18)17-8-10(16)12-9(15)6-5-7-11(12)19-4/h5-7,10H,8,16H2,1-4H3,(H,17,18). The third-order valence-corrected chi connectivity index (χ3v) is 3.16. The van der Waals surface area contributed by atoms with E-state index in [0.717, 1.165) is 10.0 Å². The fourth-order valence-corrected chi connectivity index (χ4v) is 2.31. The third-order valence-electron chi connectivity index (χ3n) is 2.47. The van der Waals surface area contributed by atoms with Gasteiger partial charge in [-0.25, -0.2) is 4.79 Å². The minimum atomic E-state index is -0.529. The lowest BCUT2D eigenvalue weighted by atomic mass is 10.1. The monoisotopic (exact) mass is 344 g/mol. The molecule has 0 saturated heterocycles. The summed E-state index contributed by atoms with van der Waals surface area (Å²) in [5.41, 5.74) is 6.39. The number of rotatable bonds is 4. The van der Waals surface area contributed by atoms with Gasteiger partial charge < -0.3 is 20.5 Å². The van der Waals surface area contributed by atoms with Crippen molar-refractivity contribution in [3.05, 3.63) is 28.2 Å². The van der Waals surface area contributed by atoms with Crippen molar-refractivity contribution in [2.24, 2.45) is 5.73 Å². The van der Waals surface area contributed by atoms with Gasteiger partial charge in [0, 0.05) is 16.6 Å². The molecule has 0 aliphatic rings. The van der Waals surface area contributed by atoms with Crippen LogP contribution in [-0.2, 0) is 4.74 Å². The number of nitrogens with two attached hydrogens (primary N) is 1. The zero-order chi connectivity index (χ0) is 15.3. The Bertz CT molecular complexity index is 472. The Labute approximate surface area is 127 Å². The topological polar surface area (TPSA) is 73.6 Å². The Morgan fingerprint density at radius 1 is 1.45 bits per heavy atom. The second-order valence-electron chi connectivity index (χ2n) is 5.35. The molecule has 1 rings (SSSR count). The Kier molecular flexibility index (Phi) is 5.83. The molecule has 20 heavy (non-hydrogen) atoms. The Balaban J connectivity index is 2.68. The average molecular weight is 345 g/mol. The van der Waals surface area contributed by atoms with E-state index in [1.807, 2.05) is 39.0 Å². The van der Waals surface area contributed by atoms with E-state index in [2.05, 4.69) is 21.2 Å². The summed E-state index contributed by atoms with van der Waals surface area (Å²) in [5.74, 6) is 0.679. The highest BCUT2D eigenvalue weighted by Gasteiger charge is 2.19. The third kappa shape index (κ3) is 5.02. The minimum absolute atomic E-state index is 0.258. The number of carbonyl (C=O) groups excluding carboxylic acids is 1. The van der Waals surface area contributed by atoms with Crippen molar-refractivity contribution >= 4 is 22.0 Å². The van der Waals surface area contributed by atoms with E-state index in [1.165, 1.54) is 0 Å². The predicted molar refractivity (Wildman–Crippen MR) is 81.9 cm³/mol. The summed E-state index contributed by atoms with van der Waals surface area (Å²) in [4.78, 5) is 11.6. The first-order valence-corrected chi connectivity index (χ1v) is 7.08. The lowest BCUT2D eigenvalue weighted by Crippen LogP contribution is -2.36. The second-order valence-corrected chi connectivity index (χ2v) is 6.20. The number of halogens is 1. The predicted octanol–water partition coefficient (Wildman–Crippen LogP) is 2.98.